The number of rotatable bonds is 5. The second-order valence-corrected chi connectivity index (χ2v) is 8.55. The second-order valence-electron chi connectivity index (χ2n) is 8.55. The van der Waals surface area contributed by atoms with E-state index in [2.05, 4.69) is 5.32 Å². The van der Waals surface area contributed by atoms with Crippen LogP contribution in [-0.4, -0.2) is 65.5 Å². The second kappa shape index (κ2) is 9.89. The molecule has 2 saturated heterocycles. The number of piperidine rings is 1. The highest BCUT2D eigenvalue weighted by atomic mass is 19.1. The van der Waals surface area contributed by atoms with Crippen LogP contribution < -0.4 is 5.32 Å². The molecule has 4 rings (SSSR count). The van der Waals surface area contributed by atoms with Gasteiger partial charge in [0, 0.05) is 43.6 Å². The van der Waals surface area contributed by atoms with E-state index in [1.807, 2.05) is 6.92 Å². The number of halogens is 2. The van der Waals surface area contributed by atoms with Gasteiger partial charge in [-0.2, -0.15) is 0 Å². The maximum atomic E-state index is 13.5. The van der Waals surface area contributed by atoms with Crippen LogP contribution in [0.1, 0.15) is 46.9 Å². The van der Waals surface area contributed by atoms with E-state index in [0.717, 1.165) is 6.42 Å². The van der Waals surface area contributed by atoms with Gasteiger partial charge in [0.15, 0.2) is 0 Å². The molecule has 2 aromatic rings. The van der Waals surface area contributed by atoms with Crippen LogP contribution in [0, 0.1) is 11.6 Å². The minimum atomic E-state index is -1.06. The van der Waals surface area contributed by atoms with Crippen molar-refractivity contribution in [1.82, 2.24) is 15.1 Å². The van der Waals surface area contributed by atoms with Gasteiger partial charge in [-0.05, 0) is 55.0 Å². The molecule has 0 bridgehead atoms. The number of benzene rings is 2. The van der Waals surface area contributed by atoms with E-state index in [1.165, 1.54) is 53.4 Å². The van der Waals surface area contributed by atoms with Gasteiger partial charge >= 0.3 is 0 Å². The van der Waals surface area contributed by atoms with Crippen molar-refractivity contribution in [1.29, 1.82) is 0 Å². The molecule has 2 fully saturated rings. The normalized spacial score (nSPS) is 19.3. The van der Waals surface area contributed by atoms with Gasteiger partial charge in [-0.25, -0.2) is 8.78 Å². The zero-order valence-corrected chi connectivity index (χ0v) is 18.9. The fourth-order valence-electron chi connectivity index (χ4n) is 4.50. The molecule has 7 nitrogen and oxygen atoms in total. The number of nitrogens with one attached hydrogen (secondary N) is 1. The van der Waals surface area contributed by atoms with E-state index in [4.69, 9.17) is 4.74 Å². The van der Waals surface area contributed by atoms with Crippen LogP contribution >= 0.6 is 0 Å². The lowest BCUT2D eigenvalue weighted by atomic mass is 9.96. The van der Waals surface area contributed by atoms with Gasteiger partial charge in [-0.3, -0.25) is 19.3 Å². The quantitative estimate of drug-likeness (QED) is 0.727. The smallest absolute Gasteiger partial charge is 0.256 e. The molecule has 2 aromatic carbocycles. The number of hydrogen-bond acceptors (Lipinski definition) is 4. The summed E-state index contributed by atoms with van der Waals surface area (Å²) in [6.07, 6.45) is 1.37. The van der Waals surface area contributed by atoms with Crippen molar-refractivity contribution < 1.29 is 27.9 Å². The van der Waals surface area contributed by atoms with Crippen LogP contribution in [0.15, 0.2) is 48.5 Å². The van der Waals surface area contributed by atoms with E-state index >= 15 is 0 Å². The molecule has 1 atom stereocenters. The first-order chi connectivity index (χ1) is 16.3. The Bertz CT molecular complexity index is 1050. The zero-order chi connectivity index (χ0) is 24.3. The first kappa shape index (κ1) is 23.8. The summed E-state index contributed by atoms with van der Waals surface area (Å²) >= 11 is 0. The van der Waals surface area contributed by atoms with Gasteiger partial charge < -0.3 is 15.0 Å². The van der Waals surface area contributed by atoms with Gasteiger partial charge in [0.05, 0.1) is 6.61 Å². The number of carbonyl (C=O) groups excluding carboxylic acids is 3. The molecule has 0 aromatic heterocycles. The summed E-state index contributed by atoms with van der Waals surface area (Å²) in [7, 11) is 0. The fourth-order valence-corrected chi connectivity index (χ4v) is 4.50. The van der Waals surface area contributed by atoms with Crippen LogP contribution in [-0.2, 0) is 9.53 Å². The van der Waals surface area contributed by atoms with Gasteiger partial charge in [-0.1, -0.05) is 6.92 Å². The lowest BCUT2D eigenvalue weighted by Crippen LogP contribution is -2.59. The Morgan fingerprint density at radius 1 is 0.941 bits per heavy atom. The summed E-state index contributed by atoms with van der Waals surface area (Å²) in [5.74, 6) is -1.85. The van der Waals surface area contributed by atoms with Crippen molar-refractivity contribution in [2.75, 3.05) is 26.2 Å². The summed E-state index contributed by atoms with van der Waals surface area (Å²) in [5.41, 5.74) is -0.427. The van der Waals surface area contributed by atoms with E-state index in [1.54, 1.807) is 4.90 Å². The zero-order valence-electron chi connectivity index (χ0n) is 18.9. The van der Waals surface area contributed by atoms with Crippen molar-refractivity contribution in [3.05, 3.63) is 71.3 Å². The number of nitrogens with zero attached hydrogens (tertiary/aromatic N) is 2. The van der Waals surface area contributed by atoms with Crippen molar-refractivity contribution >= 4 is 17.7 Å². The van der Waals surface area contributed by atoms with Crippen molar-refractivity contribution in [2.45, 2.75) is 38.0 Å². The summed E-state index contributed by atoms with van der Waals surface area (Å²) in [6, 6.07) is 9.70. The van der Waals surface area contributed by atoms with Crippen molar-refractivity contribution in [3.63, 3.8) is 0 Å². The summed E-state index contributed by atoms with van der Waals surface area (Å²) < 4.78 is 32.8. The predicted molar refractivity (Wildman–Crippen MR) is 120 cm³/mol. The Morgan fingerprint density at radius 2 is 1.47 bits per heavy atom. The summed E-state index contributed by atoms with van der Waals surface area (Å²) in [6.45, 7) is 3.04. The highest BCUT2D eigenvalue weighted by Crippen LogP contribution is 2.38. The Labute approximate surface area is 196 Å². The van der Waals surface area contributed by atoms with Gasteiger partial charge in [0.1, 0.15) is 23.4 Å². The lowest BCUT2D eigenvalue weighted by molar-refractivity contribution is -0.128. The molecular weight excluding hydrogens is 444 g/mol. The Morgan fingerprint density at radius 3 is 2.00 bits per heavy atom. The number of ether oxygens (including phenoxy) is 1. The molecule has 2 heterocycles. The molecule has 34 heavy (non-hydrogen) atoms. The highest BCUT2D eigenvalue weighted by Gasteiger charge is 2.54. The molecule has 180 valence electrons. The number of carbonyl (C=O) groups is 3. The van der Waals surface area contributed by atoms with Gasteiger partial charge in [-0.15, -0.1) is 0 Å². The average molecular weight is 472 g/mol. The third kappa shape index (κ3) is 4.65. The maximum absolute atomic E-state index is 13.5. The molecule has 2 aliphatic rings. The maximum Gasteiger partial charge on any atom is 0.256 e. The lowest BCUT2D eigenvalue weighted by Gasteiger charge is -2.44. The first-order valence-corrected chi connectivity index (χ1v) is 11.4. The Kier molecular flexibility index (Phi) is 6.92. The van der Waals surface area contributed by atoms with Crippen LogP contribution in [0.2, 0.25) is 0 Å². The van der Waals surface area contributed by atoms with Crippen molar-refractivity contribution in [3.8, 4) is 0 Å². The fraction of sp³-hybridized carbons (Fsp3) is 0.400. The first-order valence-electron chi connectivity index (χ1n) is 11.4. The molecule has 1 spiro atoms. The average Bonchev–Trinajstić information content (AvgIpc) is 3.21. The van der Waals surface area contributed by atoms with Crippen LogP contribution in [0.5, 0.6) is 0 Å². The van der Waals surface area contributed by atoms with Crippen LogP contribution in [0.3, 0.4) is 0 Å². The summed E-state index contributed by atoms with van der Waals surface area (Å²) in [5, 5.41) is 2.83. The molecular formula is C25H27F2N3O4. The molecule has 0 saturated carbocycles. The van der Waals surface area contributed by atoms with Gasteiger partial charge in [0.2, 0.25) is 5.91 Å². The molecule has 1 unspecified atom stereocenters. The minimum absolute atomic E-state index is 0.0361. The molecule has 9 heteroatoms. The van der Waals surface area contributed by atoms with Crippen molar-refractivity contribution in [2.24, 2.45) is 0 Å². The SMILES string of the molecule is CCCNC(=O)C1COC2(CCN(C(=O)c3ccc(F)cc3)CC2)N1C(=O)c1ccc(F)cc1. The number of amides is 3. The van der Waals surface area contributed by atoms with E-state index in [9.17, 15) is 23.2 Å². The minimum Gasteiger partial charge on any atom is -0.354 e. The third-order valence-corrected chi connectivity index (χ3v) is 6.35. The van der Waals surface area contributed by atoms with E-state index in [0.29, 0.717) is 38.0 Å². The topological polar surface area (TPSA) is 79.0 Å². The van der Waals surface area contributed by atoms with E-state index in [-0.39, 0.29) is 24.0 Å². The standard InChI is InChI=1S/C25H27F2N3O4/c1-2-13-28-22(31)21-16-34-25(30(21)24(33)18-5-9-20(27)10-6-18)11-14-29(15-12-25)23(32)17-3-7-19(26)8-4-17/h3-10,21H,2,11-16H2,1H3,(H,28,31). The number of hydrogen-bond donors (Lipinski definition) is 1. The molecule has 3 amide bonds. The summed E-state index contributed by atoms with van der Waals surface area (Å²) in [4.78, 5) is 42.3. The van der Waals surface area contributed by atoms with E-state index < -0.39 is 29.3 Å². The molecule has 0 radical (unpaired) electrons. The Hall–Kier alpha value is -3.33. The van der Waals surface area contributed by atoms with Gasteiger partial charge in [0.25, 0.3) is 11.8 Å². The molecule has 1 N–H and O–H groups in total. The monoisotopic (exact) mass is 471 g/mol. The third-order valence-electron chi connectivity index (χ3n) is 6.35. The largest absolute Gasteiger partial charge is 0.354 e. The molecule has 0 aliphatic carbocycles. The predicted octanol–water partition coefficient (Wildman–Crippen LogP) is 2.96. The highest BCUT2D eigenvalue weighted by molar-refractivity contribution is 5.98. The Balaban J connectivity index is 1.56. The number of likely N-dealkylation sites (tertiary alicyclic amines) is 1. The van der Waals surface area contributed by atoms with Crippen LogP contribution in [0.4, 0.5) is 8.78 Å². The van der Waals surface area contributed by atoms with Crippen LogP contribution in [0.25, 0.3) is 0 Å². The molecule has 2 aliphatic heterocycles.